The summed E-state index contributed by atoms with van der Waals surface area (Å²) in [5.41, 5.74) is 3.93. The molecular formula is C30H27ClFN5O. The van der Waals surface area contributed by atoms with Gasteiger partial charge in [-0.3, -0.25) is 4.79 Å². The lowest BCUT2D eigenvalue weighted by molar-refractivity contribution is 0.0723. The molecule has 192 valence electrons. The maximum absolute atomic E-state index is 14.8. The van der Waals surface area contributed by atoms with Gasteiger partial charge in [-0.05, 0) is 50.0 Å². The molecule has 0 bridgehead atoms. The molecule has 0 aliphatic heterocycles. The number of benzene rings is 3. The quantitative estimate of drug-likeness (QED) is 0.246. The fourth-order valence-electron chi connectivity index (χ4n) is 4.23. The lowest BCUT2D eigenvalue weighted by Crippen LogP contribution is -2.37. The SMILES string of the molecule is CN(C)CCN(Cc1ccccc1)C(=O)c1cc(-c2ccccc2F)nc2cc(-c3ccc(Cl)cc3)nn12. The predicted octanol–water partition coefficient (Wildman–Crippen LogP) is 6.06. The lowest BCUT2D eigenvalue weighted by Gasteiger charge is -2.25. The first-order valence-corrected chi connectivity index (χ1v) is 12.7. The number of hydrogen-bond donors (Lipinski definition) is 0. The number of nitrogens with zero attached hydrogens (tertiary/aromatic N) is 5. The molecule has 0 fully saturated rings. The molecule has 0 spiro atoms. The normalized spacial score (nSPS) is 11.3. The molecule has 0 aliphatic rings. The van der Waals surface area contributed by atoms with E-state index in [2.05, 4.69) is 4.98 Å². The van der Waals surface area contributed by atoms with Gasteiger partial charge >= 0.3 is 0 Å². The van der Waals surface area contributed by atoms with Crippen LogP contribution in [0.25, 0.3) is 28.2 Å². The Morgan fingerprint density at radius 1 is 0.895 bits per heavy atom. The first-order chi connectivity index (χ1) is 18.4. The van der Waals surface area contributed by atoms with E-state index in [0.29, 0.717) is 52.9 Å². The van der Waals surface area contributed by atoms with E-state index in [4.69, 9.17) is 16.7 Å². The van der Waals surface area contributed by atoms with Crippen molar-refractivity contribution in [2.24, 2.45) is 0 Å². The standard InChI is InChI=1S/C30H27ClFN5O/c1-35(2)16-17-36(20-21-8-4-3-5-9-21)30(38)28-18-27(24-10-6-7-11-25(24)32)33-29-19-26(34-37(28)29)22-12-14-23(31)15-13-22/h3-15,18-19H,16-17,20H2,1-2H3. The average Bonchev–Trinajstić information content (AvgIpc) is 3.35. The second-order valence-electron chi connectivity index (χ2n) is 9.33. The number of aromatic nitrogens is 3. The zero-order valence-electron chi connectivity index (χ0n) is 21.2. The summed E-state index contributed by atoms with van der Waals surface area (Å²) < 4.78 is 16.3. The van der Waals surface area contributed by atoms with Gasteiger partial charge in [0.15, 0.2) is 5.65 Å². The van der Waals surface area contributed by atoms with Crippen LogP contribution in [0.5, 0.6) is 0 Å². The molecule has 8 heteroatoms. The molecule has 2 heterocycles. The van der Waals surface area contributed by atoms with Crippen molar-refractivity contribution in [1.29, 1.82) is 0 Å². The van der Waals surface area contributed by atoms with Crippen LogP contribution in [0.15, 0.2) is 91.0 Å². The van der Waals surface area contributed by atoms with Gasteiger partial charge in [-0.25, -0.2) is 13.9 Å². The minimum atomic E-state index is -0.408. The van der Waals surface area contributed by atoms with Crippen LogP contribution >= 0.6 is 11.6 Å². The van der Waals surface area contributed by atoms with Gasteiger partial charge in [-0.15, -0.1) is 0 Å². The number of fused-ring (bicyclic) bond motifs is 1. The summed E-state index contributed by atoms with van der Waals surface area (Å²) >= 11 is 6.07. The van der Waals surface area contributed by atoms with Crippen LogP contribution in [0.1, 0.15) is 16.1 Å². The van der Waals surface area contributed by atoms with Crippen LogP contribution in [0.4, 0.5) is 4.39 Å². The van der Waals surface area contributed by atoms with E-state index in [1.54, 1.807) is 51.9 Å². The van der Waals surface area contributed by atoms with Crippen molar-refractivity contribution in [2.75, 3.05) is 27.2 Å². The second kappa shape index (κ2) is 11.1. The van der Waals surface area contributed by atoms with Gasteiger partial charge in [0, 0.05) is 41.9 Å². The van der Waals surface area contributed by atoms with E-state index in [-0.39, 0.29) is 5.91 Å². The van der Waals surface area contributed by atoms with E-state index < -0.39 is 5.82 Å². The van der Waals surface area contributed by atoms with Gasteiger partial charge in [0.25, 0.3) is 5.91 Å². The van der Waals surface area contributed by atoms with Crippen LogP contribution in [-0.2, 0) is 6.54 Å². The Hall–Kier alpha value is -4.07. The van der Waals surface area contributed by atoms with Crippen molar-refractivity contribution in [3.8, 4) is 22.5 Å². The Bertz CT molecular complexity index is 1570. The minimum absolute atomic E-state index is 0.216. The number of rotatable bonds is 8. The first kappa shape index (κ1) is 25.6. The Balaban J connectivity index is 1.64. The average molecular weight is 528 g/mol. The molecule has 0 atom stereocenters. The Kier molecular flexibility index (Phi) is 7.49. The third-order valence-electron chi connectivity index (χ3n) is 6.26. The number of halogens is 2. The van der Waals surface area contributed by atoms with Crippen molar-refractivity contribution >= 4 is 23.2 Å². The fraction of sp³-hybridized carbons (Fsp3) is 0.167. The Morgan fingerprint density at radius 2 is 1.61 bits per heavy atom. The smallest absolute Gasteiger partial charge is 0.273 e. The third kappa shape index (κ3) is 5.59. The zero-order chi connectivity index (χ0) is 26.6. The van der Waals surface area contributed by atoms with Crippen molar-refractivity contribution in [1.82, 2.24) is 24.4 Å². The molecule has 38 heavy (non-hydrogen) atoms. The highest BCUT2D eigenvalue weighted by Crippen LogP contribution is 2.27. The number of carbonyl (C=O) groups excluding carboxylic acids is 1. The first-order valence-electron chi connectivity index (χ1n) is 12.3. The van der Waals surface area contributed by atoms with E-state index in [1.165, 1.54) is 6.07 Å². The van der Waals surface area contributed by atoms with Crippen LogP contribution in [-0.4, -0.2) is 57.5 Å². The number of hydrogen-bond acceptors (Lipinski definition) is 4. The monoisotopic (exact) mass is 527 g/mol. The van der Waals surface area contributed by atoms with E-state index in [9.17, 15) is 9.18 Å². The summed E-state index contributed by atoms with van der Waals surface area (Å²) in [5, 5.41) is 5.35. The summed E-state index contributed by atoms with van der Waals surface area (Å²) in [4.78, 5) is 22.7. The number of likely N-dealkylation sites (N-methyl/N-ethyl adjacent to an activating group) is 1. The van der Waals surface area contributed by atoms with Gasteiger partial charge in [0.1, 0.15) is 11.5 Å². The van der Waals surface area contributed by atoms with Crippen molar-refractivity contribution in [3.05, 3.63) is 113 Å². The predicted molar refractivity (Wildman–Crippen MR) is 149 cm³/mol. The third-order valence-corrected chi connectivity index (χ3v) is 6.51. The Morgan fingerprint density at radius 3 is 2.32 bits per heavy atom. The van der Waals surface area contributed by atoms with E-state index >= 15 is 0 Å². The topological polar surface area (TPSA) is 53.7 Å². The molecule has 0 saturated carbocycles. The highest BCUT2D eigenvalue weighted by Gasteiger charge is 2.23. The summed E-state index contributed by atoms with van der Waals surface area (Å²) in [7, 11) is 3.94. The summed E-state index contributed by atoms with van der Waals surface area (Å²) in [5.74, 6) is -0.625. The maximum atomic E-state index is 14.8. The highest BCUT2D eigenvalue weighted by atomic mass is 35.5. The molecule has 5 aromatic rings. The van der Waals surface area contributed by atoms with Gasteiger partial charge in [0.05, 0.1) is 11.4 Å². The lowest BCUT2D eigenvalue weighted by atomic mass is 10.1. The number of amides is 1. The molecule has 0 N–H and O–H groups in total. The van der Waals surface area contributed by atoms with Gasteiger partial charge in [0.2, 0.25) is 0 Å². The van der Waals surface area contributed by atoms with E-state index in [0.717, 1.165) is 11.1 Å². The summed E-state index contributed by atoms with van der Waals surface area (Å²) in [6.07, 6.45) is 0. The minimum Gasteiger partial charge on any atom is -0.332 e. The maximum Gasteiger partial charge on any atom is 0.273 e. The van der Waals surface area contributed by atoms with Crippen LogP contribution in [0.3, 0.4) is 0 Å². The van der Waals surface area contributed by atoms with Gasteiger partial charge < -0.3 is 9.80 Å². The summed E-state index contributed by atoms with van der Waals surface area (Å²) in [6, 6.07) is 27.0. The van der Waals surface area contributed by atoms with Gasteiger partial charge in [-0.2, -0.15) is 5.10 Å². The zero-order valence-corrected chi connectivity index (χ0v) is 21.9. The van der Waals surface area contributed by atoms with Crippen LogP contribution in [0, 0.1) is 5.82 Å². The number of carbonyl (C=O) groups is 1. The molecule has 1 amide bonds. The summed E-state index contributed by atoms with van der Waals surface area (Å²) in [6.45, 7) is 1.62. The molecule has 0 unspecified atom stereocenters. The van der Waals surface area contributed by atoms with Crippen LogP contribution < -0.4 is 0 Å². The second-order valence-corrected chi connectivity index (χ2v) is 9.76. The highest BCUT2D eigenvalue weighted by molar-refractivity contribution is 6.30. The molecule has 0 aliphatic carbocycles. The molecule has 0 saturated heterocycles. The van der Waals surface area contributed by atoms with Gasteiger partial charge in [-0.1, -0.05) is 66.2 Å². The van der Waals surface area contributed by atoms with Crippen LogP contribution in [0.2, 0.25) is 5.02 Å². The van der Waals surface area contributed by atoms with Crippen molar-refractivity contribution in [3.63, 3.8) is 0 Å². The molecule has 5 rings (SSSR count). The molecule has 0 radical (unpaired) electrons. The molecule has 3 aromatic carbocycles. The molecule has 6 nitrogen and oxygen atoms in total. The van der Waals surface area contributed by atoms with Crippen molar-refractivity contribution < 1.29 is 9.18 Å². The van der Waals surface area contributed by atoms with Crippen molar-refractivity contribution in [2.45, 2.75) is 6.54 Å². The Labute approximate surface area is 225 Å². The van der Waals surface area contributed by atoms with E-state index in [1.807, 2.05) is 61.5 Å². The molecular weight excluding hydrogens is 501 g/mol. The largest absolute Gasteiger partial charge is 0.332 e. The molecule has 2 aromatic heterocycles. The fourth-order valence-corrected chi connectivity index (χ4v) is 4.36.